The zero-order valence-corrected chi connectivity index (χ0v) is 21.5. The van der Waals surface area contributed by atoms with E-state index in [0.717, 1.165) is 35.3 Å². The number of aromatic amines is 1. The first-order valence-electron chi connectivity index (χ1n) is 13.2. The molecule has 0 unspecified atom stereocenters. The SMILES string of the molecule is C=C(OC1CCC(F)(F)CC1)N1CCc2cc(-c3nccc(Nc4ccc(-c5cn[nH]c5)cc4)n3)ccc2C1. The summed E-state index contributed by atoms with van der Waals surface area (Å²) in [6.07, 6.45) is 6.55. The van der Waals surface area contributed by atoms with Crippen molar-refractivity contribution in [2.45, 2.75) is 50.7 Å². The van der Waals surface area contributed by atoms with Crippen LogP contribution in [0.3, 0.4) is 0 Å². The predicted octanol–water partition coefficient (Wildman–Crippen LogP) is 6.70. The first kappa shape index (κ1) is 25.0. The Kier molecular flexibility index (Phi) is 6.72. The third-order valence-electron chi connectivity index (χ3n) is 7.44. The molecule has 2 aromatic heterocycles. The van der Waals surface area contributed by atoms with Crippen LogP contribution < -0.4 is 5.32 Å². The number of aromatic nitrogens is 4. The highest BCUT2D eigenvalue weighted by Gasteiger charge is 2.36. The summed E-state index contributed by atoms with van der Waals surface area (Å²) in [4.78, 5) is 11.3. The Hall–Kier alpha value is -4.27. The molecule has 1 aliphatic carbocycles. The van der Waals surface area contributed by atoms with Gasteiger partial charge in [-0.05, 0) is 66.8 Å². The molecular formula is C30H30F2N6O. The molecule has 0 bridgehead atoms. The fourth-order valence-electron chi connectivity index (χ4n) is 5.17. The van der Waals surface area contributed by atoms with Crippen molar-refractivity contribution >= 4 is 11.5 Å². The van der Waals surface area contributed by atoms with Crippen molar-refractivity contribution in [1.29, 1.82) is 0 Å². The lowest BCUT2D eigenvalue weighted by molar-refractivity contribution is -0.0774. The second-order valence-electron chi connectivity index (χ2n) is 10.2. The van der Waals surface area contributed by atoms with E-state index in [0.29, 0.717) is 36.9 Å². The van der Waals surface area contributed by atoms with Gasteiger partial charge in [0.15, 0.2) is 11.7 Å². The van der Waals surface area contributed by atoms with E-state index in [9.17, 15) is 8.78 Å². The summed E-state index contributed by atoms with van der Waals surface area (Å²) >= 11 is 0. The summed E-state index contributed by atoms with van der Waals surface area (Å²) in [5.74, 6) is -0.620. The Labute approximate surface area is 226 Å². The fourth-order valence-corrected chi connectivity index (χ4v) is 5.17. The third-order valence-corrected chi connectivity index (χ3v) is 7.44. The summed E-state index contributed by atoms with van der Waals surface area (Å²) in [7, 11) is 0. The number of rotatable bonds is 7. The molecule has 0 spiro atoms. The van der Waals surface area contributed by atoms with Gasteiger partial charge < -0.3 is 15.0 Å². The highest BCUT2D eigenvalue weighted by Crippen LogP contribution is 2.35. The second-order valence-corrected chi connectivity index (χ2v) is 10.2. The Morgan fingerprint density at radius 3 is 2.59 bits per heavy atom. The standard InChI is InChI=1S/C30H30F2N6O/c1-20(39-27-8-12-30(31,32)13-9-27)38-15-11-22-16-23(2-3-24(22)19-38)29-33-14-10-28(37-29)36-26-6-4-21(5-7-26)25-17-34-35-18-25/h2-7,10,14,16-18,27H,1,8-9,11-13,15,19H2,(H,34,35)(H,33,36,37). The summed E-state index contributed by atoms with van der Waals surface area (Å²) in [5.41, 5.74) is 6.44. The van der Waals surface area contributed by atoms with Crippen LogP contribution in [-0.4, -0.2) is 43.6 Å². The average Bonchev–Trinajstić information content (AvgIpc) is 3.49. The number of nitrogens with zero attached hydrogens (tertiary/aromatic N) is 4. The molecule has 6 rings (SSSR count). The topological polar surface area (TPSA) is 79.0 Å². The molecule has 200 valence electrons. The lowest BCUT2D eigenvalue weighted by Gasteiger charge is -2.35. The monoisotopic (exact) mass is 528 g/mol. The van der Waals surface area contributed by atoms with Crippen molar-refractivity contribution in [2.24, 2.45) is 0 Å². The van der Waals surface area contributed by atoms with Crippen molar-refractivity contribution in [3.8, 4) is 22.5 Å². The van der Waals surface area contributed by atoms with Gasteiger partial charge in [-0.1, -0.05) is 24.3 Å². The van der Waals surface area contributed by atoms with Crippen LogP contribution in [0, 0.1) is 0 Å². The molecule has 2 aromatic carbocycles. The molecule has 2 aliphatic rings. The van der Waals surface area contributed by atoms with E-state index in [1.54, 1.807) is 12.4 Å². The van der Waals surface area contributed by atoms with E-state index < -0.39 is 5.92 Å². The van der Waals surface area contributed by atoms with Crippen LogP contribution in [0.1, 0.15) is 36.8 Å². The molecule has 0 saturated heterocycles. The number of fused-ring (bicyclic) bond motifs is 1. The maximum absolute atomic E-state index is 13.5. The van der Waals surface area contributed by atoms with Crippen molar-refractivity contribution in [3.05, 3.63) is 90.7 Å². The van der Waals surface area contributed by atoms with Crippen molar-refractivity contribution in [1.82, 2.24) is 25.1 Å². The van der Waals surface area contributed by atoms with Gasteiger partial charge in [-0.15, -0.1) is 0 Å². The highest BCUT2D eigenvalue weighted by molar-refractivity contribution is 5.67. The number of alkyl halides is 2. The van der Waals surface area contributed by atoms with E-state index in [-0.39, 0.29) is 18.9 Å². The van der Waals surface area contributed by atoms with Gasteiger partial charge in [0.2, 0.25) is 5.92 Å². The van der Waals surface area contributed by atoms with Gasteiger partial charge in [-0.3, -0.25) is 5.10 Å². The van der Waals surface area contributed by atoms with E-state index in [2.05, 4.69) is 44.1 Å². The van der Waals surface area contributed by atoms with Gasteiger partial charge in [-0.2, -0.15) is 5.10 Å². The predicted molar refractivity (Wildman–Crippen MR) is 146 cm³/mol. The summed E-state index contributed by atoms with van der Waals surface area (Å²) in [5, 5.41) is 10.2. The second kappa shape index (κ2) is 10.5. The van der Waals surface area contributed by atoms with Crippen molar-refractivity contribution < 1.29 is 13.5 Å². The molecule has 1 saturated carbocycles. The first-order chi connectivity index (χ1) is 18.9. The quantitative estimate of drug-likeness (QED) is 0.260. The van der Waals surface area contributed by atoms with Gasteiger partial charge in [0.25, 0.3) is 0 Å². The largest absolute Gasteiger partial charge is 0.476 e. The zero-order chi connectivity index (χ0) is 26.8. The van der Waals surface area contributed by atoms with Crippen LogP contribution in [0.25, 0.3) is 22.5 Å². The summed E-state index contributed by atoms with van der Waals surface area (Å²) in [6, 6.07) is 16.2. The van der Waals surface area contributed by atoms with E-state index in [1.807, 2.05) is 42.6 Å². The van der Waals surface area contributed by atoms with Crippen LogP contribution in [0.2, 0.25) is 0 Å². The highest BCUT2D eigenvalue weighted by atomic mass is 19.3. The minimum atomic E-state index is -2.56. The molecule has 7 nitrogen and oxygen atoms in total. The third kappa shape index (κ3) is 5.77. The van der Waals surface area contributed by atoms with Gasteiger partial charge in [-0.25, -0.2) is 18.7 Å². The van der Waals surface area contributed by atoms with Crippen LogP contribution in [0.4, 0.5) is 20.3 Å². The lowest BCUT2D eigenvalue weighted by atomic mass is 9.94. The number of benzene rings is 2. The molecule has 0 atom stereocenters. The zero-order valence-electron chi connectivity index (χ0n) is 21.5. The Bertz CT molecular complexity index is 1440. The summed E-state index contributed by atoms with van der Waals surface area (Å²) < 4.78 is 32.9. The number of H-pyrrole nitrogens is 1. The minimum absolute atomic E-state index is 0.117. The molecule has 0 radical (unpaired) electrons. The number of halogens is 2. The molecular weight excluding hydrogens is 498 g/mol. The maximum atomic E-state index is 13.5. The van der Waals surface area contributed by atoms with E-state index in [4.69, 9.17) is 9.72 Å². The van der Waals surface area contributed by atoms with E-state index >= 15 is 0 Å². The molecule has 3 heterocycles. The van der Waals surface area contributed by atoms with E-state index in [1.165, 1.54) is 11.1 Å². The molecule has 1 fully saturated rings. The summed E-state index contributed by atoms with van der Waals surface area (Å²) in [6.45, 7) is 5.53. The number of hydrogen-bond acceptors (Lipinski definition) is 6. The maximum Gasteiger partial charge on any atom is 0.248 e. The Morgan fingerprint density at radius 1 is 1.03 bits per heavy atom. The van der Waals surface area contributed by atoms with Gasteiger partial charge in [0.05, 0.1) is 6.20 Å². The van der Waals surface area contributed by atoms with Crippen LogP contribution >= 0.6 is 0 Å². The smallest absolute Gasteiger partial charge is 0.248 e. The van der Waals surface area contributed by atoms with Gasteiger partial charge >= 0.3 is 0 Å². The van der Waals surface area contributed by atoms with Crippen molar-refractivity contribution in [2.75, 3.05) is 11.9 Å². The molecule has 2 N–H and O–H groups in total. The minimum Gasteiger partial charge on any atom is -0.476 e. The van der Waals surface area contributed by atoms with Crippen LogP contribution in [-0.2, 0) is 17.7 Å². The number of ether oxygens (including phenoxy) is 1. The lowest BCUT2D eigenvalue weighted by Crippen LogP contribution is -2.34. The molecule has 4 aromatic rings. The van der Waals surface area contributed by atoms with Crippen LogP contribution in [0.15, 0.2) is 79.6 Å². The molecule has 1 aliphatic heterocycles. The van der Waals surface area contributed by atoms with Crippen LogP contribution in [0.5, 0.6) is 0 Å². The van der Waals surface area contributed by atoms with Gasteiger partial charge in [0, 0.05) is 55.1 Å². The fraction of sp³-hybridized carbons (Fsp3) is 0.300. The average molecular weight is 529 g/mol. The van der Waals surface area contributed by atoms with Gasteiger partial charge in [0.1, 0.15) is 11.9 Å². The molecule has 9 heteroatoms. The number of anilines is 2. The first-order valence-corrected chi connectivity index (χ1v) is 13.2. The normalized spacial score (nSPS) is 16.9. The van der Waals surface area contributed by atoms with Crippen molar-refractivity contribution in [3.63, 3.8) is 0 Å². The Balaban J connectivity index is 1.09. The Morgan fingerprint density at radius 2 is 1.82 bits per heavy atom. The molecule has 0 amide bonds. The number of nitrogens with one attached hydrogen (secondary N) is 2. The molecule has 39 heavy (non-hydrogen) atoms. The number of hydrogen-bond donors (Lipinski definition) is 2.